The van der Waals surface area contributed by atoms with Gasteiger partial charge in [0.1, 0.15) is 18.9 Å². The first-order valence-electron chi connectivity index (χ1n) is 13.6. The number of hydrazone groups is 1. The van der Waals surface area contributed by atoms with E-state index in [0.29, 0.717) is 53.3 Å². The molecule has 0 atom stereocenters. The Hall–Kier alpha value is -4.54. The number of nitrogens with zero attached hydrogens (tertiary/aromatic N) is 2. The summed E-state index contributed by atoms with van der Waals surface area (Å²) < 4.78 is 45.2. The van der Waals surface area contributed by atoms with Gasteiger partial charge >= 0.3 is 0 Å². The maximum absolute atomic E-state index is 13.5. The molecule has 0 aromatic heterocycles. The van der Waals surface area contributed by atoms with Crippen molar-refractivity contribution >= 4 is 39.4 Å². The van der Waals surface area contributed by atoms with E-state index < -0.39 is 22.5 Å². The highest BCUT2D eigenvalue weighted by Crippen LogP contribution is 2.29. The minimum atomic E-state index is -4.05. The maximum Gasteiger partial charge on any atom is 0.264 e. The third-order valence-corrected chi connectivity index (χ3v) is 8.03. The molecule has 0 aliphatic carbocycles. The summed E-state index contributed by atoms with van der Waals surface area (Å²) >= 11 is 6.06. The van der Waals surface area contributed by atoms with Crippen LogP contribution in [0.25, 0.3) is 0 Å². The second-order valence-electron chi connectivity index (χ2n) is 9.10. The summed E-state index contributed by atoms with van der Waals surface area (Å²) in [5.74, 6) is 1.01. The van der Waals surface area contributed by atoms with Gasteiger partial charge in [-0.3, -0.25) is 9.10 Å². The van der Waals surface area contributed by atoms with Gasteiger partial charge in [-0.25, -0.2) is 13.8 Å². The molecule has 11 heteroatoms. The summed E-state index contributed by atoms with van der Waals surface area (Å²) in [5, 5.41) is 4.66. The Labute approximate surface area is 256 Å². The fraction of sp³-hybridized carbons (Fsp3) is 0.188. The molecule has 4 rings (SSSR count). The number of carbonyl (C=O) groups excluding carboxylic acids is 1. The van der Waals surface area contributed by atoms with Crippen molar-refractivity contribution in [3.05, 3.63) is 113 Å². The molecule has 0 aliphatic heterocycles. The predicted molar refractivity (Wildman–Crippen MR) is 168 cm³/mol. The normalized spacial score (nSPS) is 11.2. The first kappa shape index (κ1) is 31.4. The van der Waals surface area contributed by atoms with E-state index in [4.69, 9.17) is 25.8 Å². The van der Waals surface area contributed by atoms with E-state index in [2.05, 4.69) is 10.5 Å². The number of sulfonamides is 1. The number of hydrogen-bond acceptors (Lipinski definition) is 7. The van der Waals surface area contributed by atoms with E-state index in [1.54, 1.807) is 66.7 Å². The molecule has 1 N–H and O–H groups in total. The number of carbonyl (C=O) groups is 1. The van der Waals surface area contributed by atoms with E-state index in [1.807, 2.05) is 32.0 Å². The molecule has 0 heterocycles. The smallest absolute Gasteiger partial charge is 0.264 e. The number of halogens is 1. The van der Waals surface area contributed by atoms with Gasteiger partial charge < -0.3 is 14.2 Å². The third-order valence-electron chi connectivity index (χ3n) is 6.01. The van der Waals surface area contributed by atoms with Gasteiger partial charge in [-0.2, -0.15) is 5.10 Å². The molecule has 224 valence electrons. The lowest BCUT2D eigenvalue weighted by Gasteiger charge is -2.24. The fourth-order valence-corrected chi connectivity index (χ4v) is 5.69. The van der Waals surface area contributed by atoms with Crippen LogP contribution in [0.4, 0.5) is 5.69 Å². The van der Waals surface area contributed by atoms with Gasteiger partial charge in [0, 0.05) is 5.02 Å². The van der Waals surface area contributed by atoms with Gasteiger partial charge in [0.25, 0.3) is 15.9 Å². The number of rotatable bonds is 14. The van der Waals surface area contributed by atoms with Crippen LogP contribution in [0.1, 0.15) is 25.0 Å². The van der Waals surface area contributed by atoms with Crippen molar-refractivity contribution < 1.29 is 27.4 Å². The van der Waals surface area contributed by atoms with E-state index in [9.17, 15) is 13.2 Å². The second-order valence-corrected chi connectivity index (χ2v) is 11.4. The molecule has 1 amide bonds. The number of hydrogen-bond donors (Lipinski definition) is 1. The van der Waals surface area contributed by atoms with Crippen LogP contribution in [0, 0.1) is 0 Å². The summed E-state index contributed by atoms with van der Waals surface area (Å²) in [6.45, 7) is 4.41. The standard InChI is InChI=1S/C32H32ClN3O6S/c1-3-40-28-16-14-27(15-17-28)36(43(38,39)29-11-6-5-7-12-29)22-32(37)35-34-21-24-13-18-30(31(20-24)41-4-2)42-23-25-9-8-10-26(33)19-25/h5-21H,3-4,22-23H2,1-2H3,(H,35,37)/b34-21-. The van der Waals surface area contributed by atoms with Crippen LogP contribution in [0.3, 0.4) is 0 Å². The van der Waals surface area contributed by atoms with Crippen molar-refractivity contribution in [2.75, 3.05) is 24.1 Å². The summed E-state index contributed by atoms with van der Waals surface area (Å²) in [4.78, 5) is 13.0. The van der Waals surface area contributed by atoms with Crippen LogP contribution in [0.15, 0.2) is 107 Å². The minimum Gasteiger partial charge on any atom is -0.494 e. The summed E-state index contributed by atoms with van der Waals surface area (Å²) in [5.41, 5.74) is 4.28. The Morgan fingerprint density at radius 2 is 1.60 bits per heavy atom. The molecule has 9 nitrogen and oxygen atoms in total. The van der Waals surface area contributed by atoms with E-state index in [0.717, 1.165) is 9.87 Å². The number of nitrogens with one attached hydrogen (secondary N) is 1. The highest BCUT2D eigenvalue weighted by atomic mass is 35.5. The van der Waals surface area contributed by atoms with Gasteiger partial charge in [-0.05, 0) is 91.7 Å². The summed E-state index contributed by atoms with van der Waals surface area (Å²) in [7, 11) is -4.05. The molecular weight excluding hydrogens is 590 g/mol. The molecule has 0 spiro atoms. The summed E-state index contributed by atoms with van der Waals surface area (Å²) in [6.07, 6.45) is 1.44. The van der Waals surface area contributed by atoms with Crippen LogP contribution in [0.5, 0.6) is 17.2 Å². The van der Waals surface area contributed by atoms with Crippen LogP contribution in [0.2, 0.25) is 5.02 Å². The van der Waals surface area contributed by atoms with Crippen LogP contribution < -0.4 is 23.9 Å². The van der Waals surface area contributed by atoms with Crippen molar-refractivity contribution in [3.63, 3.8) is 0 Å². The van der Waals surface area contributed by atoms with Crippen LogP contribution in [-0.4, -0.2) is 40.3 Å². The molecule has 4 aromatic rings. The Morgan fingerprint density at radius 3 is 2.30 bits per heavy atom. The average Bonchev–Trinajstić information content (AvgIpc) is 3.01. The number of amides is 1. The second kappa shape index (κ2) is 15.1. The molecule has 4 aromatic carbocycles. The molecule has 43 heavy (non-hydrogen) atoms. The van der Waals surface area contributed by atoms with Gasteiger partial charge in [-0.15, -0.1) is 0 Å². The van der Waals surface area contributed by atoms with Gasteiger partial charge in [0.2, 0.25) is 0 Å². The SMILES string of the molecule is CCOc1ccc(N(CC(=O)N/N=C\c2ccc(OCc3cccc(Cl)c3)c(OCC)c2)S(=O)(=O)c2ccccc2)cc1. The van der Waals surface area contributed by atoms with Crippen molar-refractivity contribution in [1.82, 2.24) is 5.43 Å². The number of anilines is 1. The molecule has 0 radical (unpaired) electrons. The Morgan fingerprint density at radius 1 is 0.860 bits per heavy atom. The monoisotopic (exact) mass is 621 g/mol. The quantitative estimate of drug-likeness (QED) is 0.135. The zero-order chi connectivity index (χ0) is 30.7. The fourth-order valence-electron chi connectivity index (χ4n) is 4.03. The van der Waals surface area contributed by atoms with Gasteiger partial charge in [0.05, 0.1) is 30.0 Å². The predicted octanol–water partition coefficient (Wildman–Crippen LogP) is 6.06. The molecule has 0 fully saturated rings. The topological polar surface area (TPSA) is 107 Å². The highest BCUT2D eigenvalue weighted by Gasteiger charge is 2.27. The van der Waals surface area contributed by atoms with Crippen molar-refractivity contribution in [2.24, 2.45) is 5.10 Å². The molecule has 0 bridgehead atoms. The summed E-state index contributed by atoms with van der Waals surface area (Å²) in [6, 6.07) is 27.0. The van der Waals surface area contributed by atoms with Crippen molar-refractivity contribution in [1.29, 1.82) is 0 Å². The minimum absolute atomic E-state index is 0.0568. The highest BCUT2D eigenvalue weighted by molar-refractivity contribution is 7.92. The molecule has 0 unspecified atom stereocenters. The first-order chi connectivity index (χ1) is 20.8. The number of benzene rings is 4. The van der Waals surface area contributed by atoms with Crippen molar-refractivity contribution in [3.8, 4) is 17.2 Å². The molecular formula is C32H32ClN3O6S. The van der Waals surface area contributed by atoms with E-state index in [1.165, 1.54) is 18.3 Å². The van der Waals surface area contributed by atoms with E-state index >= 15 is 0 Å². The Kier molecular flexibility index (Phi) is 11.0. The molecule has 0 aliphatic rings. The molecule has 0 saturated heterocycles. The first-order valence-corrected chi connectivity index (χ1v) is 15.4. The zero-order valence-corrected chi connectivity index (χ0v) is 25.3. The van der Waals surface area contributed by atoms with Crippen LogP contribution in [-0.2, 0) is 21.4 Å². The zero-order valence-electron chi connectivity index (χ0n) is 23.8. The van der Waals surface area contributed by atoms with Gasteiger partial charge in [0.15, 0.2) is 11.5 Å². The molecule has 0 saturated carbocycles. The van der Waals surface area contributed by atoms with Gasteiger partial charge in [-0.1, -0.05) is 41.9 Å². The maximum atomic E-state index is 13.5. The largest absolute Gasteiger partial charge is 0.494 e. The average molecular weight is 622 g/mol. The lowest BCUT2D eigenvalue weighted by Crippen LogP contribution is -2.39. The Balaban J connectivity index is 1.47. The third kappa shape index (κ3) is 8.73. The Bertz CT molecular complexity index is 1650. The van der Waals surface area contributed by atoms with Crippen molar-refractivity contribution in [2.45, 2.75) is 25.3 Å². The lowest BCUT2D eigenvalue weighted by atomic mass is 10.2. The lowest BCUT2D eigenvalue weighted by molar-refractivity contribution is -0.119. The number of ether oxygens (including phenoxy) is 3. The van der Waals surface area contributed by atoms with Crippen LogP contribution >= 0.6 is 11.6 Å². The van der Waals surface area contributed by atoms with E-state index in [-0.39, 0.29) is 4.90 Å².